The Labute approximate surface area is 86.9 Å². The zero-order valence-electron chi connectivity index (χ0n) is 7.69. The normalized spacial score (nSPS) is 10.1. The minimum atomic E-state index is -0.0174. The van der Waals surface area contributed by atoms with Crippen molar-refractivity contribution in [1.29, 1.82) is 0 Å². The molecular formula is C9H12ClNOS. The molecule has 2 nitrogen and oxygen atoms in total. The number of halogens is 1. The first-order valence-corrected chi connectivity index (χ1v) is 5.41. The Morgan fingerprint density at radius 2 is 2.31 bits per heavy atom. The minimum absolute atomic E-state index is 0.0174. The first-order chi connectivity index (χ1) is 6.13. The zero-order valence-corrected chi connectivity index (χ0v) is 9.26. The van der Waals surface area contributed by atoms with Crippen molar-refractivity contribution in [3.8, 4) is 0 Å². The molecule has 1 N–H and O–H groups in total. The van der Waals surface area contributed by atoms with Gasteiger partial charge in [0.05, 0.1) is 5.00 Å². The number of anilines is 1. The molecule has 0 aliphatic heterocycles. The van der Waals surface area contributed by atoms with E-state index in [0.717, 1.165) is 5.00 Å². The van der Waals surface area contributed by atoms with Gasteiger partial charge in [-0.3, -0.25) is 4.79 Å². The Morgan fingerprint density at radius 1 is 1.62 bits per heavy atom. The summed E-state index contributed by atoms with van der Waals surface area (Å²) in [6, 6.07) is 1.98. The second kappa shape index (κ2) is 4.63. The van der Waals surface area contributed by atoms with Gasteiger partial charge in [-0.2, -0.15) is 0 Å². The lowest BCUT2D eigenvalue weighted by Gasteiger charge is -1.98. The van der Waals surface area contributed by atoms with Crippen LogP contribution >= 0.6 is 22.9 Å². The van der Waals surface area contributed by atoms with Gasteiger partial charge in [0.1, 0.15) is 0 Å². The third-order valence-electron chi connectivity index (χ3n) is 1.75. The number of aryl methyl sites for hydroxylation is 2. The number of hydrogen-bond donors (Lipinski definition) is 1. The van der Waals surface area contributed by atoms with Crippen molar-refractivity contribution in [2.45, 2.75) is 20.3 Å². The summed E-state index contributed by atoms with van der Waals surface area (Å²) in [5.74, 6) is 0.353. The number of thiophene rings is 1. The highest BCUT2D eigenvalue weighted by Gasteiger charge is 2.04. The fourth-order valence-electron chi connectivity index (χ4n) is 0.920. The van der Waals surface area contributed by atoms with Crippen molar-refractivity contribution in [3.63, 3.8) is 0 Å². The van der Waals surface area contributed by atoms with Crippen LogP contribution in [0.4, 0.5) is 5.00 Å². The molecule has 0 radical (unpaired) electrons. The first kappa shape index (κ1) is 10.5. The molecule has 0 bridgehead atoms. The number of carbonyl (C=O) groups is 1. The molecule has 72 valence electrons. The van der Waals surface area contributed by atoms with Gasteiger partial charge in [0, 0.05) is 17.2 Å². The molecule has 0 aliphatic carbocycles. The molecule has 0 aromatic carbocycles. The molecule has 0 atom stereocenters. The molecule has 4 heteroatoms. The van der Waals surface area contributed by atoms with Crippen LogP contribution in [0.5, 0.6) is 0 Å². The summed E-state index contributed by atoms with van der Waals surface area (Å²) in [5, 5.41) is 3.71. The Hall–Kier alpha value is -0.540. The molecule has 0 saturated heterocycles. The molecule has 1 heterocycles. The van der Waals surface area contributed by atoms with Crippen molar-refractivity contribution >= 4 is 33.8 Å². The standard InChI is InChI=1S/C9H12ClNOS/c1-6-5-9(13-7(6)2)11-8(12)3-4-10/h5H,3-4H2,1-2H3,(H,11,12). The lowest BCUT2D eigenvalue weighted by atomic mass is 10.3. The molecule has 0 saturated carbocycles. The predicted molar refractivity (Wildman–Crippen MR) is 57.8 cm³/mol. The SMILES string of the molecule is Cc1cc(NC(=O)CCCl)sc1C. The highest BCUT2D eigenvalue weighted by atomic mass is 35.5. The predicted octanol–water partition coefficient (Wildman–Crippen LogP) is 2.93. The van der Waals surface area contributed by atoms with E-state index in [2.05, 4.69) is 5.32 Å². The van der Waals surface area contributed by atoms with Crippen molar-refractivity contribution in [2.24, 2.45) is 0 Å². The van der Waals surface area contributed by atoms with E-state index in [1.807, 2.05) is 19.9 Å². The smallest absolute Gasteiger partial charge is 0.226 e. The summed E-state index contributed by atoms with van der Waals surface area (Å²) in [6.45, 7) is 4.07. The summed E-state index contributed by atoms with van der Waals surface area (Å²) in [4.78, 5) is 12.4. The van der Waals surface area contributed by atoms with Crippen LogP contribution in [0.25, 0.3) is 0 Å². The van der Waals surface area contributed by atoms with Crippen LogP contribution in [-0.4, -0.2) is 11.8 Å². The Balaban J connectivity index is 2.59. The second-order valence-electron chi connectivity index (χ2n) is 2.84. The van der Waals surface area contributed by atoms with Gasteiger partial charge in [-0.05, 0) is 25.5 Å². The molecule has 0 spiro atoms. The van der Waals surface area contributed by atoms with Crippen LogP contribution < -0.4 is 5.32 Å². The largest absolute Gasteiger partial charge is 0.318 e. The third-order valence-corrected chi connectivity index (χ3v) is 3.01. The van der Waals surface area contributed by atoms with Gasteiger partial charge in [0.2, 0.25) is 5.91 Å². The van der Waals surface area contributed by atoms with E-state index in [1.165, 1.54) is 10.4 Å². The van der Waals surface area contributed by atoms with E-state index < -0.39 is 0 Å². The highest BCUT2D eigenvalue weighted by molar-refractivity contribution is 7.16. The van der Waals surface area contributed by atoms with Gasteiger partial charge < -0.3 is 5.32 Å². The van der Waals surface area contributed by atoms with E-state index in [9.17, 15) is 4.79 Å². The first-order valence-electron chi connectivity index (χ1n) is 4.06. The van der Waals surface area contributed by atoms with E-state index in [-0.39, 0.29) is 5.91 Å². The van der Waals surface area contributed by atoms with Gasteiger partial charge >= 0.3 is 0 Å². The molecule has 13 heavy (non-hydrogen) atoms. The molecule has 0 fully saturated rings. The summed E-state index contributed by atoms with van der Waals surface area (Å²) in [5.41, 5.74) is 1.21. The topological polar surface area (TPSA) is 29.1 Å². The number of nitrogens with one attached hydrogen (secondary N) is 1. The average Bonchev–Trinajstić information content (AvgIpc) is 2.31. The Kier molecular flexibility index (Phi) is 3.75. The van der Waals surface area contributed by atoms with Crippen LogP contribution in [-0.2, 0) is 4.79 Å². The summed E-state index contributed by atoms with van der Waals surface area (Å²) >= 11 is 7.04. The molecular weight excluding hydrogens is 206 g/mol. The fourth-order valence-corrected chi connectivity index (χ4v) is 2.04. The average molecular weight is 218 g/mol. The van der Waals surface area contributed by atoms with Crippen LogP contribution in [0, 0.1) is 13.8 Å². The van der Waals surface area contributed by atoms with Gasteiger partial charge in [-0.25, -0.2) is 0 Å². The zero-order chi connectivity index (χ0) is 9.84. The molecule has 1 rings (SSSR count). The monoisotopic (exact) mass is 217 g/mol. The summed E-state index contributed by atoms with van der Waals surface area (Å²) in [7, 11) is 0. The van der Waals surface area contributed by atoms with E-state index in [4.69, 9.17) is 11.6 Å². The lowest BCUT2D eigenvalue weighted by molar-refractivity contribution is -0.115. The van der Waals surface area contributed by atoms with E-state index in [0.29, 0.717) is 12.3 Å². The summed E-state index contributed by atoms with van der Waals surface area (Å²) in [6.07, 6.45) is 0.373. The fraction of sp³-hybridized carbons (Fsp3) is 0.444. The van der Waals surface area contributed by atoms with Crippen molar-refractivity contribution in [2.75, 3.05) is 11.2 Å². The molecule has 1 amide bonds. The van der Waals surface area contributed by atoms with Crippen LogP contribution in [0.3, 0.4) is 0 Å². The van der Waals surface area contributed by atoms with E-state index in [1.54, 1.807) is 11.3 Å². The van der Waals surface area contributed by atoms with Gasteiger partial charge in [-0.15, -0.1) is 22.9 Å². The number of carbonyl (C=O) groups excluding carboxylic acids is 1. The van der Waals surface area contributed by atoms with Crippen molar-refractivity contribution in [3.05, 3.63) is 16.5 Å². The minimum Gasteiger partial charge on any atom is -0.318 e. The summed E-state index contributed by atoms with van der Waals surface area (Å²) < 4.78 is 0. The highest BCUT2D eigenvalue weighted by Crippen LogP contribution is 2.25. The van der Waals surface area contributed by atoms with Crippen LogP contribution in [0.2, 0.25) is 0 Å². The quantitative estimate of drug-likeness (QED) is 0.776. The van der Waals surface area contributed by atoms with Crippen molar-refractivity contribution < 1.29 is 4.79 Å². The molecule has 1 aromatic rings. The number of hydrogen-bond acceptors (Lipinski definition) is 2. The number of rotatable bonds is 3. The van der Waals surface area contributed by atoms with E-state index >= 15 is 0 Å². The Morgan fingerprint density at radius 3 is 2.77 bits per heavy atom. The second-order valence-corrected chi connectivity index (χ2v) is 4.47. The maximum absolute atomic E-state index is 11.1. The lowest BCUT2D eigenvalue weighted by Crippen LogP contribution is -2.10. The van der Waals surface area contributed by atoms with Gasteiger partial charge in [0.15, 0.2) is 0 Å². The molecule has 0 aliphatic rings. The Bertz CT molecular complexity index is 289. The van der Waals surface area contributed by atoms with Gasteiger partial charge in [0.25, 0.3) is 0 Å². The van der Waals surface area contributed by atoms with Crippen molar-refractivity contribution in [1.82, 2.24) is 0 Å². The number of amides is 1. The maximum Gasteiger partial charge on any atom is 0.226 e. The maximum atomic E-state index is 11.1. The molecule has 1 aromatic heterocycles. The van der Waals surface area contributed by atoms with Crippen LogP contribution in [0.1, 0.15) is 16.9 Å². The van der Waals surface area contributed by atoms with Gasteiger partial charge in [-0.1, -0.05) is 0 Å². The number of alkyl halides is 1. The third kappa shape index (κ3) is 3.01. The molecule has 0 unspecified atom stereocenters. The van der Waals surface area contributed by atoms with Crippen LogP contribution in [0.15, 0.2) is 6.07 Å².